The standard InChI is InChI=1S/C14H22N2OS/c1-10(2)6-7-18-9-14(17)16-12-5-4-11(3)13(15)8-12/h4-5,8,10H,6-7,9,15H2,1-3H3,(H,16,17). The number of carbonyl (C=O) groups is 1. The summed E-state index contributed by atoms with van der Waals surface area (Å²) in [6, 6.07) is 5.59. The first-order chi connectivity index (χ1) is 8.49. The topological polar surface area (TPSA) is 55.1 Å². The van der Waals surface area contributed by atoms with Gasteiger partial charge in [-0.15, -0.1) is 0 Å². The summed E-state index contributed by atoms with van der Waals surface area (Å²) in [5, 5.41) is 2.86. The Morgan fingerprint density at radius 3 is 2.78 bits per heavy atom. The zero-order chi connectivity index (χ0) is 13.5. The number of nitrogen functional groups attached to an aromatic ring is 1. The van der Waals surface area contributed by atoms with Gasteiger partial charge in [-0.05, 0) is 42.7 Å². The van der Waals surface area contributed by atoms with Crippen LogP contribution in [0.1, 0.15) is 25.8 Å². The fourth-order valence-corrected chi connectivity index (χ4v) is 2.44. The Hall–Kier alpha value is -1.16. The molecule has 0 spiro atoms. The van der Waals surface area contributed by atoms with Crippen molar-refractivity contribution in [3.8, 4) is 0 Å². The van der Waals surface area contributed by atoms with Gasteiger partial charge in [0.2, 0.25) is 5.91 Å². The molecule has 0 heterocycles. The van der Waals surface area contributed by atoms with Crippen molar-refractivity contribution in [2.75, 3.05) is 22.6 Å². The van der Waals surface area contributed by atoms with Crippen LogP contribution in [0.3, 0.4) is 0 Å². The zero-order valence-electron chi connectivity index (χ0n) is 11.3. The fourth-order valence-electron chi connectivity index (χ4n) is 1.40. The molecule has 18 heavy (non-hydrogen) atoms. The molecule has 1 rings (SSSR count). The van der Waals surface area contributed by atoms with E-state index in [4.69, 9.17) is 5.73 Å². The number of carbonyl (C=O) groups excluding carboxylic acids is 1. The number of amides is 1. The van der Waals surface area contributed by atoms with Crippen LogP contribution in [-0.2, 0) is 4.79 Å². The van der Waals surface area contributed by atoms with E-state index in [1.54, 1.807) is 17.8 Å². The number of nitrogens with two attached hydrogens (primary N) is 1. The molecule has 1 amide bonds. The van der Waals surface area contributed by atoms with Crippen LogP contribution in [0.25, 0.3) is 0 Å². The molecule has 0 atom stereocenters. The van der Waals surface area contributed by atoms with E-state index in [9.17, 15) is 4.79 Å². The van der Waals surface area contributed by atoms with Gasteiger partial charge in [0.1, 0.15) is 0 Å². The van der Waals surface area contributed by atoms with E-state index in [0.717, 1.165) is 23.4 Å². The Morgan fingerprint density at radius 2 is 2.17 bits per heavy atom. The Kier molecular flexibility index (Phi) is 6.05. The summed E-state index contributed by atoms with van der Waals surface area (Å²) < 4.78 is 0. The smallest absolute Gasteiger partial charge is 0.234 e. The van der Waals surface area contributed by atoms with Crippen LogP contribution in [0.15, 0.2) is 18.2 Å². The van der Waals surface area contributed by atoms with Crippen LogP contribution in [0, 0.1) is 12.8 Å². The maximum Gasteiger partial charge on any atom is 0.234 e. The monoisotopic (exact) mass is 266 g/mol. The quantitative estimate of drug-likeness (QED) is 0.613. The van der Waals surface area contributed by atoms with Crippen LogP contribution in [0.2, 0.25) is 0 Å². The third kappa shape index (κ3) is 5.45. The van der Waals surface area contributed by atoms with Gasteiger partial charge in [0.05, 0.1) is 5.75 Å². The highest BCUT2D eigenvalue weighted by molar-refractivity contribution is 7.99. The molecule has 0 fully saturated rings. The molecule has 0 bridgehead atoms. The maximum atomic E-state index is 11.7. The van der Waals surface area contributed by atoms with Crippen LogP contribution < -0.4 is 11.1 Å². The average Bonchev–Trinajstić information content (AvgIpc) is 2.29. The molecule has 0 aromatic heterocycles. The molecule has 0 saturated carbocycles. The van der Waals surface area contributed by atoms with E-state index in [0.29, 0.717) is 17.4 Å². The maximum absolute atomic E-state index is 11.7. The van der Waals surface area contributed by atoms with Gasteiger partial charge in [0, 0.05) is 11.4 Å². The molecule has 1 aromatic carbocycles. The first-order valence-electron chi connectivity index (χ1n) is 6.22. The highest BCUT2D eigenvalue weighted by Gasteiger charge is 2.04. The minimum atomic E-state index is 0.0343. The molecule has 0 aliphatic rings. The minimum Gasteiger partial charge on any atom is -0.398 e. The molecule has 0 aliphatic carbocycles. The third-order valence-electron chi connectivity index (χ3n) is 2.64. The summed E-state index contributed by atoms with van der Waals surface area (Å²) >= 11 is 1.67. The largest absolute Gasteiger partial charge is 0.398 e. The Balaban J connectivity index is 2.33. The van der Waals surface area contributed by atoms with Crippen LogP contribution in [0.5, 0.6) is 0 Å². The summed E-state index contributed by atoms with van der Waals surface area (Å²) in [6.45, 7) is 6.33. The SMILES string of the molecule is Cc1ccc(NC(=O)CSCCC(C)C)cc1N. The lowest BCUT2D eigenvalue weighted by Gasteiger charge is -2.08. The molecule has 4 heteroatoms. The number of anilines is 2. The summed E-state index contributed by atoms with van der Waals surface area (Å²) in [4.78, 5) is 11.7. The second kappa shape index (κ2) is 7.31. The summed E-state index contributed by atoms with van der Waals surface area (Å²) in [5.74, 6) is 2.26. The first-order valence-corrected chi connectivity index (χ1v) is 7.38. The van der Waals surface area contributed by atoms with Crippen molar-refractivity contribution in [2.45, 2.75) is 27.2 Å². The lowest BCUT2D eigenvalue weighted by molar-refractivity contribution is -0.113. The third-order valence-corrected chi connectivity index (χ3v) is 3.63. The summed E-state index contributed by atoms with van der Waals surface area (Å²) in [6.07, 6.45) is 1.15. The van der Waals surface area contributed by atoms with E-state index in [1.807, 2.05) is 19.1 Å². The normalized spacial score (nSPS) is 10.7. The van der Waals surface area contributed by atoms with Gasteiger partial charge in [-0.25, -0.2) is 0 Å². The second-order valence-corrected chi connectivity index (χ2v) is 5.96. The van der Waals surface area contributed by atoms with Crippen molar-refractivity contribution in [3.05, 3.63) is 23.8 Å². The predicted octanol–water partition coefficient (Wildman–Crippen LogP) is 3.30. The molecule has 0 aliphatic heterocycles. The van der Waals surface area contributed by atoms with Crippen molar-refractivity contribution in [1.29, 1.82) is 0 Å². The number of nitrogens with one attached hydrogen (secondary N) is 1. The highest BCUT2D eigenvalue weighted by atomic mass is 32.2. The summed E-state index contributed by atoms with van der Waals surface area (Å²) in [7, 11) is 0. The average molecular weight is 266 g/mol. The number of benzene rings is 1. The number of hydrogen-bond acceptors (Lipinski definition) is 3. The molecule has 0 radical (unpaired) electrons. The Morgan fingerprint density at radius 1 is 1.44 bits per heavy atom. The van der Waals surface area contributed by atoms with Crippen molar-refractivity contribution >= 4 is 29.0 Å². The Bertz CT molecular complexity index is 405. The van der Waals surface area contributed by atoms with Gasteiger partial charge in [0.15, 0.2) is 0 Å². The van der Waals surface area contributed by atoms with E-state index in [2.05, 4.69) is 19.2 Å². The zero-order valence-corrected chi connectivity index (χ0v) is 12.1. The molecule has 0 unspecified atom stereocenters. The van der Waals surface area contributed by atoms with Crippen molar-refractivity contribution in [1.82, 2.24) is 0 Å². The molecule has 100 valence electrons. The van der Waals surface area contributed by atoms with Crippen LogP contribution >= 0.6 is 11.8 Å². The van der Waals surface area contributed by atoms with Gasteiger partial charge in [-0.2, -0.15) is 11.8 Å². The van der Waals surface area contributed by atoms with Gasteiger partial charge in [0.25, 0.3) is 0 Å². The van der Waals surface area contributed by atoms with E-state index >= 15 is 0 Å². The second-order valence-electron chi connectivity index (χ2n) is 4.85. The number of thioether (sulfide) groups is 1. The molecule has 3 N–H and O–H groups in total. The number of aryl methyl sites for hydroxylation is 1. The molecule has 0 saturated heterocycles. The lowest BCUT2D eigenvalue weighted by atomic mass is 10.2. The minimum absolute atomic E-state index is 0.0343. The lowest BCUT2D eigenvalue weighted by Crippen LogP contribution is -2.14. The van der Waals surface area contributed by atoms with E-state index < -0.39 is 0 Å². The van der Waals surface area contributed by atoms with Crippen LogP contribution in [-0.4, -0.2) is 17.4 Å². The van der Waals surface area contributed by atoms with Gasteiger partial charge >= 0.3 is 0 Å². The van der Waals surface area contributed by atoms with Crippen molar-refractivity contribution < 1.29 is 4.79 Å². The molecule has 3 nitrogen and oxygen atoms in total. The van der Waals surface area contributed by atoms with Gasteiger partial charge in [-0.1, -0.05) is 19.9 Å². The van der Waals surface area contributed by atoms with Crippen molar-refractivity contribution in [3.63, 3.8) is 0 Å². The first kappa shape index (κ1) is 14.9. The molecule has 1 aromatic rings. The number of rotatable bonds is 6. The van der Waals surface area contributed by atoms with E-state index in [1.165, 1.54) is 0 Å². The molecular formula is C14H22N2OS. The predicted molar refractivity (Wildman–Crippen MR) is 81.0 cm³/mol. The van der Waals surface area contributed by atoms with Gasteiger partial charge < -0.3 is 11.1 Å². The van der Waals surface area contributed by atoms with E-state index in [-0.39, 0.29) is 5.91 Å². The summed E-state index contributed by atoms with van der Waals surface area (Å²) in [5.41, 5.74) is 8.30. The fraction of sp³-hybridized carbons (Fsp3) is 0.500. The molecular weight excluding hydrogens is 244 g/mol. The highest BCUT2D eigenvalue weighted by Crippen LogP contribution is 2.17. The van der Waals surface area contributed by atoms with Gasteiger partial charge in [-0.3, -0.25) is 4.79 Å². The Labute approximate surface area is 114 Å². The van der Waals surface area contributed by atoms with Crippen LogP contribution in [0.4, 0.5) is 11.4 Å². The van der Waals surface area contributed by atoms with Crippen molar-refractivity contribution in [2.24, 2.45) is 5.92 Å². The number of hydrogen-bond donors (Lipinski definition) is 2.